The predicted octanol–water partition coefficient (Wildman–Crippen LogP) is -2.05. The van der Waals surface area contributed by atoms with Crippen LogP contribution in [0.3, 0.4) is 0 Å². The zero-order chi connectivity index (χ0) is 33.7. The van der Waals surface area contributed by atoms with Crippen molar-refractivity contribution in [3.05, 3.63) is 33.4 Å². The zero-order valence-electron chi connectivity index (χ0n) is 24.0. The molecule has 8 N–H and O–H groups in total. The first kappa shape index (κ1) is 32.3. The molecule has 10 atom stereocenters. The standard InChI is InChI=1S/C22H24N10O12P2S2/c23-19-27-13-7(15(34)29-19)25-5-31(13)17-9-11(33)21(42-17,1-38-9)4-41-46(37,48)44-12-10-18(43-22(12,2-39-10)3-40-45(36)47)32-6-26-8-14(32)28-20(24)30-16(8)35/h5-6,9-12,17-18,33H,1-4H2,(H,37,48)(H3,23,27,29,34)(H3,24,28,30,35)/t9?,10?,11-,12-,17+,18+,21+,22+,46?/m0/s1. The molecular formula is C22H24N10O12P2S2. The third-order valence-electron chi connectivity index (χ3n) is 8.56. The predicted molar refractivity (Wildman–Crippen MR) is 165 cm³/mol. The van der Waals surface area contributed by atoms with E-state index in [0.29, 0.717) is 0 Å². The normalized spacial score (nSPS) is 34.0. The van der Waals surface area contributed by atoms with Crippen LogP contribution < -0.4 is 22.6 Å². The number of rotatable bonds is 10. The van der Waals surface area contributed by atoms with Gasteiger partial charge < -0.3 is 57.2 Å². The Hall–Kier alpha value is -2.96. The number of hydrogen-bond acceptors (Lipinski definition) is 19. The van der Waals surface area contributed by atoms with E-state index in [0.717, 1.165) is 0 Å². The van der Waals surface area contributed by atoms with E-state index < -0.39 is 79.7 Å². The van der Waals surface area contributed by atoms with Crippen molar-refractivity contribution in [2.45, 2.75) is 48.1 Å². The maximum Gasteiger partial charge on any atom is 0.372 e. The van der Waals surface area contributed by atoms with Gasteiger partial charge in [0.1, 0.15) is 36.6 Å². The van der Waals surface area contributed by atoms with Gasteiger partial charge in [-0.1, -0.05) is 4.57 Å². The molecule has 26 heteroatoms. The highest BCUT2D eigenvalue weighted by atomic mass is 32.7. The Morgan fingerprint density at radius 3 is 2.15 bits per heavy atom. The molecule has 22 nitrogen and oxygen atoms in total. The number of aliphatic hydroxyl groups excluding tert-OH is 1. The van der Waals surface area contributed by atoms with Crippen LogP contribution in [0.5, 0.6) is 0 Å². The van der Waals surface area contributed by atoms with Gasteiger partial charge in [0, 0.05) is 0 Å². The van der Waals surface area contributed by atoms with E-state index in [-0.39, 0.29) is 54.0 Å². The number of hydrogen-bond donors (Lipinski definition) is 6. The molecule has 4 aromatic rings. The van der Waals surface area contributed by atoms with Gasteiger partial charge in [0.15, 0.2) is 40.4 Å². The van der Waals surface area contributed by atoms with Crippen molar-refractivity contribution in [3.8, 4) is 0 Å². The minimum absolute atomic E-state index is 0.00297. The number of nitrogens with two attached hydrogens (primary N) is 2. The molecule has 8 heterocycles. The number of imidazole rings is 2. The molecule has 4 aliphatic rings. The van der Waals surface area contributed by atoms with Gasteiger partial charge in [0.05, 0.1) is 32.5 Å². The molecule has 256 valence electrons. The number of H-pyrrole nitrogens is 2. The first-order valence-corrected chi connectivity index (χ1v) is 18.7. The van der Waals surface area contributed by atoms with Crippen molar-refractivity contribution in [2.24, 2.45) is 0 Å². The summed E-state index contributed by atoms with van der Waals surface area (Å²) in [5.41, 5.74) is 7.44. The van der Waals surface area contributed by atoms with Crippen LogP contribution in [0.4, 0.5) is 11.9 Å². The van der Waals surface area contributed by atoms with Gasteiger partial charge in [0.2, 0.25) is 11.9 Å². The molecule has 4 unspecified atom stereocenters. The average molecular weight is 747 g/mol. The summed E-state index contributed by atoms with van der Waals surface area (Å²) in [5, 5.41) is 11.2. The van der Waals surface area contributed by atoms with Gasteiger partial charge in [-0.3, -0.25) is 33.2 Å². The summed E-state index contributed by atoms with van der Waals surface area (Å²) in [5.74, 6) is -0.318. The molecule has 4 saturated heterocycles. The number of aromatic amines is 2. The SMILES string of the molecule is Nc1nc2c(ncn2[C@@H]2O[C@@]3(COP(O)(=S)O[C@H]4C5OC[C@]4(CO[P+](=O)[S-])O[C@H]5n4cnc5c(=O)[nH]c(N)nc54)COC2[C@@H]3O)c(=O)[nH]1. The maximum absolute atomic E-state index is 12.4. The number of aromatic nitrogens is 8. The van der Waals surface area contributed by atoms with Crippen LogP contribution in [0.2, 0.25) is 0 Å². The third kappa shape index (κ3) is 5.02. The van der Waals surface area contributed by atoms with Crippen LogP contribution in [-0.2, 0) is 61.1 Å². The minimum atomic E-state index is -4.22. The lowest BCUT2D eigenvalue weighted by molar-refractivity contribution is -0.184. The lowest BCUT2D eigenvalue weighted by Gasteiger charge is -2.33. The summed E-state index contributed by atoms with van der Waals surface area (Å²) in [4.78, 5) is 57.1. The van der Waals surface area contributed by atoms with E-state index in [4.69, 9.17) is 68.0 Å². The Kier molecular flexibility index (Phi) is 7.58. The summed E-state index contributed by atoms with van der Waals surface area (Å²) in [6.45, 7) is -5.37. The Labute approximate surface area is 277 Å². The second-order valence-electron chi connectivity index (χ2n) is 11.5. The second kappa shape index (κ2) is 11.3. The Morgan fingerprint density at radius 1 is 1.00 bits per heavy atom. The average Bonchev–Trinajstić information content (AvgIpc) is 3.86. The van der Waals surface area contributed by atoms with Crippen molar-refractivity contribution in [1.82, 2.24) is 39.0 Å². The molecular weight excluding hydrogens is 722 g/mol. The minimum Gasteiger partial charge on any atom is -0.408 e. The van der Waals surface area contributed by atoms with Crippen LogP contribution in [-0.4, -0.2) is 111 Å². The second-order valence-corrected chi connectivity index (χ2v) is 15.8. The van der Waals surface area contributed by atoms with Crippen molar-refractivity contribution in [3.63, 3.8) is 0 Å². The van der Waals surface area contributed by atoms with Gasteiger partial charge in [-0.25, -0.2) is 9.97 Å². The van der Waals surface area contributed by atoms with Crippen LogP contribution in [0.15, 0.2) is 22.2 Å². The monoisotopic (exact) mass is 746 g/mol. The fourth-order valence-corrected chi connectivity index (χ4v) is 8.36. The fraction of sp³-hybridized carbons (Fsp3) is 0.545. The highest BCUT2D eigenvalue weighted by molar-refractivity contribution is 8.25. The maximum atomic E-state index is 12.4. The lowest BCUT2D eigenvalue weighted by atomic mass is 10.0. The number of ether oxygens (including phenoxy) is 4. The summed E-state index contributed by atoms with van der Waals surface area (Å²) in [7, 11) is -2.50. The van der Waals surface area contributed by atoms with Gasteiger partial charge >= 0.3 is 13.9 Å². The highest BCUT2D eigenvalue weighted by Crippen LogP contribution is 2.57. The van der Waals surface area contributed by atoms with Crippen molar-refractivity contribution < 1.29 is 47.1 Å². The van der Waals surface area contributed by atoms with Crippen molar-refractivity contribution in [1.29, 1.82) is 0 Å². The van der Waals surface area contributed by atoms with Gasteiger partial charge in [-0.2, -0.15) is 14.5 Å². The Bertz CT molecular complexity index is 2150. The van der Waals surface area contributed by atoms with E-state index >= 15 is 0 Å². The molecule has 0 amide bonds. The van der Waals surface area contributed by atoms with Crippen molar-refractivity contribution >= 4 is 72.2 Å². The van der Waals surface area contributed by atoms with E-state index in [9.17, 15) is 24.2 Å². The van der Waals surface area contributed by atoms with Crippen LogP contribution in [0.25, 0.3) is 22.3 Å². The number of anilines is 2. The largest absolute Gasteiger partial charge is 0.408 e. The zero-order valence-corrected chi connectivity index (χ0v) is 27.4. The number of aliphatic hydroxyl groups is 1. The number of nitrogen functional groups attached to an aromatic ring is 2. The smallest absolute Gasteiger partial charge is 0.372 e. The molecule has 48 heavy (non-hydrogen) atoms. The molecule has 0 spiro atoms. The molecule has 8 rings (SSSR count). The number of nitrogens with one attached hydrogen (secondary N) is 2. The highest BCUT2D eigenvalue weighted by Gasteiger charge is 2.66. The number of fused-ring (bicyclic) bond motifs is 6. The van der Waals surface area contributed by atoms with E-state index in [1.165, 1.54) is 21.8 Å². The topological polar surface area (TPSA) is 301 Å². The van der Waals surface area contributed by atoms with Crippen LogP contribution in [0.1, 0.15) is 12.5 Å². The van der Waals surface area contributed by atoms with E-state index in [2.05, 4.69) is 29.9 Å². The van der Waals surface area contributed by atoms with E-state index in [1.54, 1.807) is 0 Å². The first-order valence-electron chi connectivity index (χ1n) is 13.9. The molecule has 4 aromatic heterocycles. The van der Waals surface area contributed by atoms with Crippen molar-refractivity contribution in [2.75, 3.05) is 37.9 Å². The van der Waals surface area contributed by atoms with Crippen LogP contribution >= 0.6 is 13.9 Å². The first-order chi connectivity index (χ1) is 22.8. The van der Waals surface area contributed by atoms with E-state index in [1.807, 2.05) is 0 Å². The lowest BCUT2D eigenvalue weighted by Crippen LogP contribution is -2.46. The van der Waals surface area contributed by atoms with Crippen LogP contribution in [0, 0.1) is 0 Å². The number of nitrogens with zero attached hydrogens (tertiary/aromatic N) is 6. The summed E-state index contributed by atoms with van der Waals surface area (Å²) in [6.07, 6.45) is -3.83. The van der Waals surface area contributed by atoms with Gasteiger partial charge in [-0.15, -0.1) is 0 Å². The molecule has 0 aliphatic carbocycles. The molecule has 0 radical (unpaired) electrons. The summed E-state index contributed by atoms with van der Waals surface area (Å²) >= 11 is 10.1. The molecule has 0 aromatic carbocycles. The Morgan fingerprint density at radius 2 is 1.54 bits per heavy atom. The quantitative estimate of drug-likeness (QED) is 0.0751. The summed E-state index contributed by atoms with van der Waals surface area (Å²) < 4.78 is 55.7. The van der Waals surface area contributed by atoms with Gasteiger partial charge in [-0.05, 0) is 11.8 Å². The fourth-order valence-electron chi connectivity index (χ4n) is 6.40. The molecule has 0 saturated carbocycles. The summed E-state index contributed by atoms with van der Waals surface area (Å²) in [6, 6.07) is 0. The molecule has 4 aliphatic heterocycles. The Balaban J connectivity index is 1.04. The molecule has 4 fully saturated rings. The van der Waals surface area contributed by atoms with Gasteiger partial charge in [0.25, 0.3) is 11.1 Å². The molecule has 4 bridgehead atoms. The third-order valence-corrected chi connectivity index (χ3v) is 10.7.